The summed E-state index contributed by atoms with van der Waals surface area (Å²) < 4.78 is 5.62. The van der Waals surface area contributed by atoms with Crippen molar-refractivity contribution >= 4 is 11.6 Å². The van der Waals surface area contributed by atoms with Crippen LogP contribution in [-0.4, -0.2) is 55.7 Å². The number of alkyl halides is 1. The number of nitrogens with one attached hydrogen (secondary N) is 1. The van der Waals surface area contributed by atoms with Crippen LogP contribution in [0.25, 0.3) is 0 Å². The number of halogens is 1. The van der Waals surface area contributed by atoms with Crippen molar-refractivity contribution in [2.45, 2.75) is 121 Å². The Balaban J connectivity index is 1.17. The van der Waals surface area contributed by atoms with Crippen molar-refractivity contribution in [2.24, 2.45) is 35.5 Å². The monoisotopic (exact) mass is 494 g/mol. The zero-order valence-electron chi connectivity index (χ0n) is 22.7. The van der Waals surface area contributed by atoms with Crippen LogP contribution in [0, 0.1) is 35.5 Å². The summed E-state index contributed by atoms with van der Waals surface area (Å²) in [6, 6.07) is 0.640. The first-order valence-electron chi connectivity index (χ1n) is 15.1. The molecule has 4 rings (SSSR count). The Labute approximate surface area is 216 Å². The van der Waals surface area contributed by atoms with Gasteiger partial charge in [0.1, 0.15) is 0 Å². The van der Waals surface area contributed by atoms with Gasteiger partial charge in [-0.3, -0.25) is 0 Å². The predicted molar refractivity (Wildman–Crippen MR) is 146 cm³/mol. The third kappa shape index (κ3) is 7.83. The second-order valence-electron chi connectivity index (χ2n) is 13.0. The number of piperidine rings is 1. The summed E-state index contributed by atoms with van der Waals surface area (Å²) in [5.41, 5.74) is 0. The van der Waals surface area contributed by atoms with E-state index in [0.717, 1.165) is 29.6 Å². The van der Waals surface area contributed by atoms with E-state index in [1.54, 1.807) is 0 Å². The maximum atomic E-state index is 6.36. The number of nitrogens with zero attached hydrogens (tertiary/aromatic N) is 1. The molecule has 0 bridgehead atoms. The SMILES string of the molecule is COC1CCC(C2CCCC(CN[C@@H](CN3CCC(C4CCC(Cl)CC4)CC3)C(C)C)C2)CC1. The Bertz CT molecular complexity index is 562. The fraction of sp³-hybridized carbons (Fsp3) is 1.00. The van der Waals surface area contributed by atoms with Crippen LogP contribution in [0.3, 0.4) is 0 Å². The van der Waals surface area contributed by atoms with Crippen molar-refractivity contribution in [3.8, 4) is 0 Å². The molecule has 3 aliphatic carbocycles. The van der Waals surface area contributed by atoms with E-state index in [-0.39, 0.29) is 0 Å². The van der Waals surface area contributed by atoms with Gasteiger partial charge in [-0.1, -0.05) is 26.7 Å². The highest BCUT2D eigenvalue weighted by atomic mass is 35.5. The molecule has 0 radical (unpaired) electrons. The fourth-order valence-electron chi connectivity index (χ4n) is 8.01. The molecule has 3 saturated carbocycles. The third-order valence-electron chi connectivity index (χ3n) is 10.5. The molecule has 4 heteroatoms. The smallest absolute Gasteiger partial charge is 0.0571 e. The first-order chi connectivity index (χ1) is 16.5. The number of hydrogen-bond acceptors (Lipinski definition) is 3. The van der Waals surface area contributed by atoms with Crippen LogP contribution in [0.5, 0.6) is 0 Å². The molecule has 34 heavy (non-hydrogen) atoms. The molecule has 4 aliphatic rings. The zero-order valence-corrected chi connectivity index (χ0v) is 23.4. The molecule has 1 aliphatic heterocycles. The number of ether oxygens (including phenoxy) is 1. The van der Waals surface area contributed by atoms with Gasteiger partial charge in [-0.25, -0.2) is 0 Å². The summed E-state index contributed by atoms with van der Waals surface area (Å²) in [5.74, 6) is 5.46. The van der Waals surface area contributed by atoms with Gasteiger partial charge in [0, 0.05) is 25.1 Å². The molecule has 0 aromatic carbocycles. The largest absolute Gasteiger partial charge is 0.381 e. The highest BCUT2D eigenvalue weighted by molar-refractivity contribution is 6.20. The maximum Gasteiger partial charge on any atom is 0.0571 e. The number of methoxy groups -OCH3 is 1. The van der Waals surface area contributed by atoms with E-state index in [2.05, 4.69) is 24.1 Å². The van der Waals surface area contributed by atoms with Gasteiger partial charge in [-0.05, 0) is 132 Å². The van der Waals surface area contributed by atoms with Gasteiger partial charge in [-0.15, -0.1) is 11.6 Å². The van der Waals surface area contributed by atoms with E-state index in [0.29, 0.717) is 23.4 Å². The summed E-state index contributed by atoms with van der Waals surface area (Å²) in [4.78, 5) is 2.78. The highest BCUT2D eigenvalue weighted by Gasteiger charge is 2.33. The second kappa shape index (κ2) is 13.6. The van der Waals surface area contributed by atoms with Crippen molar-refractivity contribution < 1.29 is 4.74 Å². The normalized spacial score (nSPS) is 37.7. The summed E-state index contributed by atoms with van der Waals surface area (Å²) >= 11 is 6.36. The molecule has 3 atom stereocenters. The number of likely N-dealkylation sites (tertiary alicyclic amines) is 1. The average molecular weight is 495 g/mol. The lowest BCUT2D eigenvalue weighted by atomic mass is 9.70. The topological polar surface area (TPSA) is 24.5 Å². The molecular formula is C30H55ClN2O. The Morgan fingerprint density at radius 3 is 2.06 bits per heavy atom. The van der Waals surface area contributed by atoms with Crippen LogP contribution in [0.4, 0.5) is 0 Å². The standard InChI is InChI=1S/C30H55ClN2O/c1-22(2)30(21-33-17-15-26(16-18-33)24-7-11-28(31)12-8-24)32-20-23-5-4-6-27(19-23)25-9-13-29(34-3)14-10-25/h22-30,32H,4-21H2,1-3H3/t23?,24?,25?,27?,28?,29?,30-/m0/s1. The lowest BCUT2D eigenvalue weighted by molar-refractivity contribution is 0.0378. The van der Waals surface area contributed by atoms with Crippen LogP contribution in [0.15, 0.2) is 0 Å². The van der Waals surface area contributed by atoms with Crippen LogP contribution < -0.4 is 5.32 Å². The maximum absolute atomic E-state index is 6.36. The predicted octanol–water partition coefficient (Wildman–Crippen LogP) is 7.12. The Morgan fingerprint density at radius 2 is 1.41 bits per heavy atom. The quantitative estimate of drug-likeness (QED) is 0.345. The van der Waals surface area contributed by atoms with Gasteiger partial charge >= 0.3 is 0 Å². The van der Waals surface area contributed by atoms with Gasteiger partial charge in [0.05, 0.1) is 6.10 Å². The first-order valence-corrected chi connectivity index (χ1v) is 15.6. The minimum absolute atomic E-state index is 0.458. The van der Waals surface area contributed by atoms with Gasteiger partial charge < -0.3 is 15.0 Å². The van der Waals surface area contributed by atoms with Crippen molar-refractivity contribution in [3.05, 3.63) is 0 Å². The van der Waals surface area contributed by atoms with Gasteiger partial charge in [0.15, 0.2) is 0 Å². The number of rotatable bonds is 9. The fourth-order valence-corrected chi connectivity index (χ4v) is 8.26. The van der Waals surface area contributed by atoms with E-state index in [1.807, 2.05) is 7.11 Å². The molecule has 0 amide bonds. The zero-order chi connectivity index (χ0) is 23.9. The summed E-state index contributed by atoms with van der Waals surface area (Å²) in [6.07, 6.45) is 19.9. The van der Waals surface area contributed by atoms with Gasteiger partial charge in [-0.2, -0.15) is 0 Å². The molecule has 0 aromatic heterocycles. The Morgan fingerprint density at radius 1 is 0.794 bits per heavy atom. The highest BCUT2D eigenvalue weighted by Crippen LogP contribution is 2.41. The lowest BCUT2D eigenvalue weighted by Gasteiger charge is -2.41. The van der Waals surface area contributed by atoms with Crippen LogP contribution in [-0.2, 0) is 4.74 Å². The Hall–Kier alpha value is 0.170. The second-order valence-corrected chi connectivity index (χ2v) is 13.6. The van der Waals surface area contributed by atoms with E-state index >= 15 is 0 Å². The molecule has 0 aromatic rings. The Kier molecular flexibility index (Phi) is 10.9. The summed E-state index contributed by atoms with van der Waals surface area (Å²) in [6.45, 7) is 9.96. The minimum Gasteiger partial charge on any atom is -0.381 e. The van der Waals surface area contributed by atoms with Crippen LogP contribution in [0.1, 0.15) is 104 Å². The van der Waals surface area contributed by atoms with Crippen molar-refractivity contribution in [1.29, 1.82) is 0 Å². The summed E-state index contributed by atoms with van der Waals surface area (Å²) in [5, 5.41) is 4.54. The summed E-state index contributed by atoms with van der Waals surface area (Å²) in [7, 11) is 1.90. The van der Waals surface area contributed by atoms with E-state index in [1.165, 1.54) is 116 Å². The lowest BCUT2D eigenvalue weighted by Crippen LogP contribution is -2.48. The molecule has 1 saturated heterocycles. The minimum atomic E-state index is 0.458. The van der Waals surface area contributed by atoms with Crippen LogP contribution >= 0.6 is 11.6 Å². The van der Waals surface area contributed by atoms with E-state index in [4.69, 9.17) is 16.3 Å². The van der Waals surface area contributed by atoms with Crippen molar-refractivity contribution in [2.75, 3.05) is 33.3 Å². The van der Waals surface area contributed by atoms with Crippen molar-refractivity contribution in [3.63, 3.8) is 0 Å². The van der Waals surface area contributed by atoms with E-state index < -0.39 is 0 Å². The molecule has 0 spiro atoms. The molecule has 3 nitrogen and oxygen atoms in total. The average Bonchev–Trinajstić information content (AvgIpc) is 2.87. The van der Waals surface area contributed by atoms with Gasteiger partial charge in [0.25, 0.3) is 0 Å². The molecule has 4 fully saturated rings. The van der Waals surface area contributed by atoms with Crippen LogP contribution in [0.2, 0.25) is 0 Å². The third-order valence-corrected chi connectivity index (χ3v) is 10.9. The number of hydrogen-bond donors (Lipinski definition) is 1. The molecule has 1 N–H and O–H groups in total. The van der Waals surface area contributed by atoms with E-state index in [9.17, 15) is 0 Å². The molecule has 198 valence electrons. The van der Waals surface area contributed by atoms with Crippen molar-refractivity contribution in [1.82, 2.24) is 10.2 Å². The van der Waals surface area contributed by atoms with Gasteiger partial charge in [0.2, 0.25) is 0 Å². The molecule has 2 unspecified atom stereocenters. The molecule has 1 heterocycles. The first kappa shape index (κ1) is 27.2. The molecular weight excluding hydrogens is 440 g/mol.